The van der Waals surface area contributed by atoms with Gasteiger partial charge in [-0.1, -0.05) is 6.92 Å². The Bertz CT molecular complexity index is 619. The Morgan fingerprint density at radius 3 is 2.75 bits per heavy atom. The van der Waals surface area contributed by atoms with Gasteiger partial charge in [0.2, 0.25) is 0 Å². The zero-order valence-corrected chi connectivity index (χ0v) is 18.7. The maximum Gasteiger partial charge on any atom is 0.193 e. The number of sulfone groups is 1. The lowest BCUT2D eigenvalue weighted by atomic mass is 10.4. The molecule has 0 saturated heterocycles. The van der Waals surface area contributed by atoms with Crippen molar-refractivity contribution < 1.29 is 13.2 Å². The minimum absolute atomic E-state index is 0. The van der Waals surface area contributed by atoms with Gasteiger partial charge in [-0.3, -0.25) is 4.99 Å². The van der Waals surface area contributed by atoms with Gasteiger partial charge < -0.3 is 15.0 Å². The standard InChI is InChI=1S/C14H26N4O3S2.HI/c1-6-23(19,20)8-7-16-14(15-3)18(4)9-12-10-22-13(17-12)11(2)21-5;/h10-11H,6-9H2,1-5H3,(H,15,16);1H. The predicted octanol–water partition coefficient (Wildman–Crippen LogP) is 1.91. The van der Waals surface area contributed by atoms with Crippen molar-refractivity contribution in [3.8, 4) is 0 Å². The Morgan fingerprint density at radius 1 is 1.54 bits per heavy atom. The van der Waals surface area contributed by atoms with E-state index in [1.165, 1.54) is 0 Å². The molecule has 7 nitrogen and oxygen atoms in total. The minimum atomic E-state index is -2.98. The van der Waals surface area contributed by atoms with E-state index in [0.29, 0.717) is 19.0 Å². The molecule has 1 N–H and O–H groups in total. The van der Waals surface area contributed by atoms with Crippen LogP contribution >= 0.6 is 35.3 Å². The smallest absolute Gasteiger partial charge is 0.193 e. The zero-order valence-electron chi connectivity index (χ0n) is 14.8. The summed E-state index contributed by atoms with van der Waals surface area (Å²) in [5.74, 6) is 0.899. The van der Waals surface area contributed by atoms with E-state index in [1.54, 1.807) is 32.4 Å². The van der Waals surface area contributed by atoms with Gasteiger partial charge in [0.25, 0.3) is 0 Å². The summed E-state index contributed by atoms with van der Waals surface area (Å²) in [7, 11) is 2.25. The van der Waals surface area contributed by atoms with Gasteiger partial charge in [-0.25, -0.2) is 13.4 Å². The van der Waals surface area contributed by atoms with Crippen molar-refractivity contribution in [2.75, 3.05) is 39.3 Å². The maximum absolute atomic E-state index is 11.5. The van der Waals surface area contributed by atoms with Crippen LogP contribution in [0.4, 0.5) is 0 Å². The van der Waals surface area contributed by atoms with E-state index < -0.39 is 9.84 Å². The van der Waals surface area contributed by atoms with Crippen molar-refractivity contribution in [3.05, 3.63) is 16.1 Å². The Kier molecular flexibility index (Phi) is 11.0. The molecule has 1 rings (SSSR count). The molecular formula is C14H27IN4O3S2. The van der Waals surface area contributed by atoms with Crippen molar-refractivity contribution in [2.24, 2.45) is 4.99 Å². The largest absolute Gasteiger partial charge is 0.375 e. The molecule has 1 aromatic heterocycles. The number of nitrogens with one attached hydrogen (secondary N) is 1. The number of nitrogens with zero attached hydrogens (tertiary/aromatic N) is 3. The Balaban J connectivity index is 0.00000529. The number of hydrogen-bond donors (Lipinski definition) is 1. The fourth-order valence-electron chi connectivity index (χ4n) is 1.85. The fraction of sp³-hybridized carbons (Fsp3) is 0.714. The molecule has 140 valence electrons. The quantitative estimate of drug-likeness (QED) is 0.341. The highest BCUT2D eigenvalue weighted by Crippen LogP contribution is 2.20. The molecule has 1 aromatic rings. The van der Waals surface area contributed by atoms with E-state index in [2.05, 4.69) is 15.3 Å². The van der Waals surface area contributed by atoms with Crippen molar-refractivity contribution >= 4 is 51.1 Å². The van der Waals surface area contributed by atoms with Crippen LogP contribution in [0.1, 0.15) is 30.7 Å². The average molecular weight is 490 g/mol. The molecule has 0 aliphatic rings. The number of aromatic nitrogens is 1. The third-order valence-electron chi connectivity index (χ3n) is 3.38. The van der Waals surface area contributed by atoms with Crippen LogP contribution in [0.25, 0.3) is 0 Å². The van der Waals surface area contributed by atoms with Crippen LogP contribution in [0.2, 0.25) is 0 Å². The van der Waals surface area contributed by atoms with E-state index in [1.807, 2.05) is 24.3 Å². The van der Waals surface area contributed by atoms with Crippen molar-refractivity contribution in [3.63, 3.8) is 0 Å². The molecule has 0 amide bonds. The molecule has 24 heavy (non-hydrogen) atoms. The lowest BCUT2D eigenvalue weighted by Crippen LogP contribution is -2.40. The summed E-state index contributed by atoms with van der Waals surface area (Å²) in [5, 5.41) is 6.00. The van der Waals surface area contributed by atoms with Crippen LogP contribution in [0.5, 0.6) is 0 Å². The van der Waals surface area contributed by atoms with Crippen LogP contribution < -0.4 is 5.32 Å². The summed E-state index contributed by atoms with van der Waals surface area (Å²) < 4.78 is 28.3. The Hall–Kier alpha value is -0.460. The molecular weight excluding hydrogens is 463 g/mol. The highest BCUT2D eigenvalue weighted by Gasteiger charge is 2.13. The molecule has 0 aromatic carbocycles. The number of rotatable bonds is 8. The van der Waals surface area contributed by atoms with E-state index in [0.717, 1.165) is 10.7 Å². The highest BCUT2D eigenvalue weighted by atomic mass is 127. The molecule has 0 spiro atoms. The van der Waals surface area contributed by atoms with Crippen LogP contribution in [0.15, 0.2) is 10.4 Å². The van der Waals surface area contributed by atoms with Crippen LogP contribution in [0, 0.1) is 0 Å². The van der Waals surface area contributed by atoms with Gasteiger partial charge in [0.1, 0.15) is 11.1 Å². The number of ether oxygens (including phenoxy) is 1. The third-order valence-corrected chi connectivity index (χ3v) is 6.14. The second-order valence-electron chi connectivity index (χ2n) is 5.12. The molecule has 0 bridgehead atoms. The number of hydrogen-bond acceptors (Lipinski definition) is 6. The molecule has 0 saturated carbocycles. The minimum Gasteiger partial charge on any atom is -0.375 e. The van der Waals surface area contributed by atoms with Gasteiger partial charge >= 0.3 is 0 Å². The number of guanidine groups is 1. The monoisotopic (exact) mass is 490 g/mol. The summed E-state index contributed by atoms with van der Waals surface area (Å²) >= 11 is 1.57. The first kappa shape index (κ1) is 23.5. The predicted molar refractivity (Wildman–Crippen MR) is 110 cm³/mol. The van der Waals surface area contributed by atoms with E-state index in [9.17, 15) is 8.42 Å². The first-order valence-electron chi connectivity index (χ1n) is 7.42. The molecule has 1 heterocycles. The molecule has 0 fully saturated rings. The van der Waals surface area contributed by atoms with Crippen molar-refractivity contribution in [1.82, 2.24) is 15.2 Å². The number of methoxy groups -OCH3 is 1. The zero-order chi connectivity index (χ0) is 17.5. The lowest BCUT2D eigenvalue weighted by Gasteiger charge is -2.21. The molecule has 0 aliphatic carbocycles. The number of aliphatic imine (C=N–C) groups is 1. The maximum atomic E-state index is 11.5. The second-order valence-corrected chi connectivity index (χ2v) is 8.48. The molecule has 10 heteroatoms. The van der Waals surface area contributed by atoms with E-state index in [4.69, 9.17) is 4.74 Å². The summed E-state index contributed by atoms with van der Waals surface area (Å²) in [4.78, 5) is 10.6. The molecule has 0 aliphatic heterocycles. The molecule has 1 atom stereocenters. The number of thiazole rings is 1. The van der Waals surface area contributed by atoms with E-state index in [-0.39, 0.29) is 41.6 Å². The topological polar surface area (TPSA) is 83.9 Å². The summed E-state index contributed by atoms with van der Waals surface area (Å²) in [6.45, 7) is 4.54. The SMILES string of the molecule is CCS(=O)(=O)CCNC(=NC)N(C)Cc1csc(C(C)OC)n1.I. The van der Waals surface area contributed by atoms with E-state index >= 15 is 0 Å². The Labute approximate surface area is 165 Å². The first-order chi connectivity index (χ1) is 10.8. The summed E-state index contributed by atoms with van der Waals surface area (Å²) in [6, 6.07) is 0. The van der Waals surface area contributed by atoms with Gasteiger partial charge in [0.15, 0.2) is 15.8 Å². The number of halogens is 1. The average Bonchev–Trinajstić information content (AvgIpc) is 2.99. The Morgan fingerprint density at radius 2 is 2.21 bits per heavy atom. The van der Waals surface area contributed by atoms with Gasteiger partial charge in [0.05, 0.1) is 18.0 Å². The lowest BCUT2D eigenvalue weighted by molar-refractivity contribution is 0.119. The summed E-state index contributed by atoms with van der Waals surface area (Å²) in [5.41, 5.74) is 0.931. The van der Waals surface area contributed by atoms with Gasteiger partial charge in [-0.2, -0.15) is 0 Å². The van der Waals surface area contributed by atoms with Crippen LogP contribution in [0.3, 0.4) is 0 Å². The molecule has 1 unspecified atom stereocenters. The third kappa shape index (κ3) is 7.62. The van der Waals surface area contributed by atoms with Crippen molar-refractivity contribution in [1.29, 1.82) is 0 Å². The first-order valence-corrected chi connectivity index (χ1v) is 10.1. The fourth-order valence-corrected chi connectivity index (χ4v) is 3.39. The van der Waals surface area contributed by atoms with Gasteiger partial charge in [-0.15, -0.1) is 35.3 Å². The van der Waals surface area contributed by atoms with Crippen molar-refractivity contribution in [2.45, 2.75) is 26.5 Å². The van der Waals surface area contributed by atoms with Crippen LogP contribution in [-0.4, -0.2) is 63.5 Å². The van der Waals surface area contributed by atoms with Gasteiger partial charge in [-0.05, 0) is 6.92 Å². The summed E-state index contributed by atoms with van der Waals surface area (Å²) in [6.07, 6.45) is -0.0178. The van der Waals surface area contributed by atoms with Crippen LogP contribution in [-0.2, 0) is 21.1 Å². The molecule has 0 radical (unpaired) electrons. The van der Waals surface area contributed by atoms with Gasteiger partial charge in [0, 0.05) is 38.9 Å². The highest BCUT2D eigenvalue weighted by molar-refractivity contribution is 14.0. The second kappa shape index (κ2) is 11.2. The normalized spacial score (nSPS) is 13.3.